The predicted molar refractivity (Wildman–Crippen MR) is 56.0 cm³/mol. The van der Waals surface area contributed by atoms with Gasteiger partial charge in [0.05, 0.1) is 26.9 Å². The number of nitro benzene ring substituents is 3. The number of phenolic OH excluding ortho intramolecular Hbond substituents is 1. The van der Waals surface area contributed by atoms with E-state index in [-0.39, 0.29) is 51.7 Å². The number of aromatic hydroxyl groups is 1. The van der Waals surface area contributed by atoms with E-state index in [0.717, 1.165) is 0 Å². The van der Waals surface area contributed by atoms with Crippen molar-refractivity contribution in [2.24, 2.45) is 0 Å². The second-order valence-corrected chi connectivity index (χ2v) is 2.60. The molecule has 1 aromatic carbocycles. The van der Waals surface area contributed by atoms with Gasteiger partial charge in [0.15, 0.2) is 0 Å². The summed E-state index contributed by atoms with van der Waals surface area (Å²) in [4.78, 5) is 27.8. The van der Waals surface area contributed by atoms with Crippen molar-refractivity contribution < 1.29 is 22.7 Å². The first-order valence-electron chi connectivity index (χ1n) is 3.64. The van der Waals surface area contributed by atoms with Gasteiger partial charge in [0.1, 0.15) is 0 Å². The van der Waals surface area contributed by atoms with Crippen LogP contribution in [0.5, 0.6) is 5.75 Å². The van der Waals surface area contributed by atoms with Gasteiger partial charge in [-0.05, 0) is 0 Å². The minimum atomic E-state index is -1.21. The first-order valence-corrected chi connectivity index (χ1v) is 3.64. The van der Waals surface area contributed by atoms with Gasteiger partial charge in [-0.2, -0.15) is 0 Å². The Labute approximate surface area is 136 Å². The number of benzene rings is 1. The van der Waals surface area contributed by atoms with Crippen LogP contribution in [0.25, 0.3) is 0 Å². The van der Waals surface area contributed by atoms with E-state index in [4.69, 9.17) is 5.11 Å². The molecule has 10 nitrogen and oxygen atoms in total. The Bertz CT molecular complexity index is 477. The molecule has 0 aliphatic heterocycles. The topological polar surface area (TPSA) is 150 Å². The monoisotopic (exact) mass is 369 g/mol. The van der Waals surface area contributed by atoms with Crippen LogP contribution in [-0.4, -0.2) is 68.8 Å². The summed E-state index contributed by atoms with van der Waals surface area (Å²) in [6.07, 6.45) is 0. The van der Waals surface area contributed by atoms with Crippen molar-refractivity contribution in [1.82, 2.24) is 0 Å². The zero-order valence-electron chi connectivity index (χ0n) is 10.1. The number of nitrogens with zero attached hydrogens (tertiary/aromatic N) is 3. The number of hydrogen-bond donors (Lipinski definition) is 1. The largest absolute Gasteiger partial charge is 2.00 e. The number of nitro groups is 3. The Balaban J connectivity index is -0.000000853. The maximum absolute atomic E-state index is 10.4. The summed E-state index contributed by atoms with van der Waals surface area (Å²) >= 11 is 0. The summed E-state index contributed by atoms with van der Waals surface area (Å²) in [6, 6.07) is 0.894. The van der Waals surface area contributed by atoms with Crippen LogP contribution in [0, 0.1) is 30.3 Å². The summed E-state index contributed by atoms with van der Waals surface area (Å²) in [5.41, 5.74) is -3.00. The Kier molecular flexibility index (Phi) is 5.50. The van der Waals surface area contributed by atoms with Crippen molar-refractivity contribution in [1.29, 1.82) is 0 Å². The van der Waals surface area contributed by atoms with Crippen LogP contribution in [0.2, 0.25) is 0 Å². The van der Waals surface area contributed by atoms with E-state index in [2.05, 4.69) is 0 Å². The van der Waals surface area contributed by atoms with Gasteiger partial charge in [0.2, 0.25) is 0 Å². The van der Waals surface area contributed by atoms with E-state index in [1.807, 2.05) is 0 Å². The maximum atomic E-state index is 10.4. The second-order valence-electron chi connectivity index (χ2n) is 2.60. The number of non-ortho nitro benzene ring substituents is 1. The van der Waals surface area contributed by atoms with Gasteiger partial charge >= 0.3 is 60.3 Å². The zero-order valence-corrected chi connectivity index (χ0v) is 12.5. The normalized spacial score (nSPS) is 9.18. The minimum absolute atomic E-state index is 0. The average Bonchev–Trinajstić information content (AvgIpc) is 2.16. The molecule has 88 valence electrons. The molecular weight excluding hydrogens is 363 g/mol. The van der Waals surface area contributed by atoms with Gasteiger partial charge in [-0.25, -0.2) is 0 Å². The fraction of sp³-hybridized carbons (Fsp3) is 0. The summed E-state index contributed by atoms with van der Waals surface area (Å²) in [5, 5.41) is 40.2. The fourth-order valence-electron chi connectivity index (χ4n) is 0.974. The molecule has 0 aliphatic carbocycles. The van der Waals surface area contributed by atoms with Gasteiger partial charge < -0.3 is 7.96 Å². The number of phenols is 1. The first kappa shape index (κ1) is 15.8. The summed E-state index contributed by atoms with van der Waals surface area (Å²) in [7, 11) is 0. The molecule has 0 radical (unpaired) electrons. The summed E-state index contributed by atoms with van der Waals surface area (Å²) < 4.78 is 0. The van der Waals surface area contributed by atoms with Crippen LogP contribution in [-0.2, 0) is 0 Å². The van der Waals surface area contributed by atoms with Gasteiger partial charge in [-0.1, -0.05) is 0 Å². The van der Waals surface area contributed by atoms with E-state index >= 15 is 0 Å². The van der Waals surface area contributed by atoms with Crippen LogP contribution in [0.15, 0.2) is 12.1 Å². The Morgan fingerprint density at radius 2 is 1.29 bits per heavy atom. The van der Waals surface area contributed by atoms with E-state index in [9.17, 15) is 30.3 Å². The molecule has 0 unspecified atom stereocenters. The van der Waals surface area contributed by atoms with E-state index in [0.29, 0.717) is 12.1 Å². The van der Waals surface area contributed by atoms with Gasteiger partial charge in [-0.15, -0.1) is 0 Å². The van der Waals surface area contributed by atoms with Crippen molar-refractivity contribution in [3.05, 3.63) is 42.5 Å². The Morgan fingerprint density at radius 3 is 1.53 bits per heavy atom. The Morgan fingerprint density at radius 1 is 0.941 bits per heavy atom. The molecule has 0 spiro atoms. The maximum Gasteiger partial charge on any atom is 2.00 e. The van der Waals surface area contributed by atoms with Crippen molar-refractivity contribution in [2.75, 3.05) is 0 Å². The van der Waals surface area contributed by atoms with Crippen molar-refractivity contribution in [2.45, 2.75) is 0 Å². The summed E-state index contributed by atoms with van der Waals surface area (Å²) in [5.74, 6) is -1.21. The molecule has 0 aromatic heterocycles. The van der Waals surface area contributed by atoms with Gasteiger partial charge in [-0.3, -0.25) is 30.3 Å². The molecule has 0 saturated carbocycles. The molecule has 0 atom stereocenters. The van der Waals surface area contributed by atoms with Crippen molar-refractivity contribution in [3.63, 3.8) is 0 Å². The third-order valence-electron chi connectivity index (χ3n) is 1.66. The predicted octanol–water partition coefficient (Wildman–Crippen LogP) is 0.961. The molecule has 1 N–H and O–H groups in total. The fourth-order valence-corrected chi connectivity index (χ4v) is 0.974. The molecule has 0 fully saturated rings. The van der Waals surface area contributed by atoms with Crippen LogP contribution in [0.3, 0.4) is 0 Å². The van der Waals surface area contributed by atoms with Crippen molar-refractivity contribution in [3.8, 4) is 5.75 Å². The van der Waals surface area contributed by atoms with E-state index < -0.39 is 37.6 Å². The van der Waals surface area contributed by atoms with E-state index in [1.54, 1.807) is 0 Å². The molecule has 0 heterocycles. The zero-order chi connectivity index (χ0) is 12.5. The second kappa shape index (κ2) is 5.92. The minimum Gasteiger partial charge on any atom is -1.00 e. The van der Waals surface area contributed by atoms with Crippen LogP contribution in [0.4, 0.5) is 17.1 Å². The number of rotatable bonds is 3. The summed E-state index contributed by atoms with van der Waals surface area (Å²) in [6.45, 7) is 0. The molecule has 1 aromatic rings. The molecular formula is C6H5BaN3O7. The first-order chi connectivity index (χ1) is 7.34. The molecule has 17 heavy (non-hydrogen) atoms. The average molecular weight is 368 g/mol. The molecule has 0 amide bonds. The quantitative estimate of drug-likeness (QED) is 0.474. The van der Waals surface area contributed by atoms with E-state index in [1.165, 1.54) is 0 Å². The van der Waals surface area contributed by atoms with Crippen LogP contribution < -0.4 is 0 Å². The molecule has 11 heteroatoms. The van der Waals surface area contributed by atoms with Crippen LogP contribution in [0.1, 0.15) is 2.85 Å². The molecule has 0 aliphatic rings. The van der Waals surface area contributed by atoms with Crippen molar-refractivity contribution >= 4 is 65.9 Å². The molecule has 0 saturated heterocycles. The smallest absolute Gasteiger partial charge is 1.00 e. The van der Waals surface area contributed by atoms with Gasteiger partial charge in [0.25, 0.3) is 11.4 Å². The molecule has 1 rings (SSSR count). The van der Waals surface area contributed by atoms with Gasteiger partial charge in [0, 0.05) is 0 Å². The third-order valence-corrected chi connectivity index (χ3v) is 1.66. The Hall–Kier alpha value is -1.21. The number of hydrogen-bond acceptors (Lipinski definition) is 7. The SMILES string of the molecule is O=[N+]([O-])c1cc([N+](=O)[O-])c(O)c([N+](=O)[O-])c1.[Ba+2].[H-].[H-]. The van der Waals surface area contributed by atoms with Crippen LogP contribution >= 0.6 is 0 Å². The third kappa shape index (κ3) is 3.37. The standard InChI is InChI=1S/C6H3N3O7.Ba.2H/c10-6-4(8(13)14)1-3(7(11)12)2-5(6)9(15)16;;;/h1-2,10H;;;/q;+2;2*-1. The molecule has 0 bridgehead atoms.